The fraction of sp³-hybridized carbons (Fsp3) is 0.745. The summed E-state index contributed by atoms with van der Waals surface area (Å²) in [5.41, 5.74) is -3.62. The second-order valence-electron chi connectivity index (χ2n) is 24.6. The SMILES string of the molecule is Cc1oc([C@H](NC(=O)OC(C)(C)C)[C@H](O)[C@H](O)CNC(=O)OC(C)(C)C)cc1C(=O)NCC[C@@H](O)C[C@H](O)C[C@H](O)C[C@H](O)C[C@@H](O)C[C@H](O)CCNC(=O)c1cc([C@H](NC(=O)OC(C)(C)C)[C@H](O)[C@H](O)CNC(=O)OC(C)(C)C)oc1C. The highest BCUT2D eigenvalue weighted by atomic mass is 16.6. The van der Waals surface area contributed by atoms with E-state index in [2.05, 4.69) is 31.9 Å². The van der Waals surface area contributed by atoms with Crippen LogP contribution in [0.15, 0.2) is 21.0 Å². The molecular weight excluding hydrogens is 1100 g/mol. The Morgan fingerprint density at radius 1 is 0.422 bits per heavy atom. The summed E-state index contributed by atoms with van der Waals surface area (Å²) >= 11 is 0. The molecule has 0 aliphatic rings. The molecule has 0 aliphatic heterocycles. The molecule has 83 heavy (non-hydrogen) atoms. The molecule has 16 N–H and O–H groups in total. The van der Waals surface area contributed by atoms with Crippen LogP contribution in [0.4, 0.5) is 19.2 Å². The fourth-order valence-corrected chi connectivity index (χ4v) is 8.06. The predicted octanol–water partition coefficient (Wildman–Crippen LogP) is 2.17. The fourth-order valence-electron chi connectivity index (χ4n) is 8.06. The molecule has 2 aromatic heterocycles. The van der Waals surface area contributed by atoms with Crippen molar-refractivity contribution >= 4 is 36.2 Å². The standard InChI is InChI=1S/C55H94N6O22/c1-28-36(24-40(78-28)42(60-50(76)82-54(9,10)11)44(70)38(68)26-58-48(74)80-52(3,4)5)46(72)56-17-15-30(62)19-32(64)21-34(66)23-35(67)22-33(65)20-31(63)16-18-57-47(73)37-25-41(79-29(37)2)43(61-51(77)83-55(12,13)14)45(71)39(69)27-59-49(75)81-53(6,7)8/h24-25,30-35,38-39,42-45,62-71H,15-23,26-27H2,1-14H3,(H,56,72)(H,57,73)(H,58,74)(H,59,75)(H,60,76)(H,61,77)/t30-,31-,32+,33+,34-,35+,38-,39-,42+,43+,44-,45-/m1/s1. The van der Waals surface area contributed by atoms with Gasteiger partial charge >= 0.3 is 24.4 Å². The zero-order valence-electron chi connectivity index (χ0n) is 50.2. The van der Waals surface area contributed by atoms with E-state index < -0.39 is 145 Å². The Morgan fingerprint density at radius 3 is 0.964 bits per heavy atom. The molecule has 0 radical (unpaired) electrons. The second kappa shape index (κ2) is 32.5. The highest BCUT2D eigenvalue weighted by molar-refractivity contribution is 5.96. The largest absolute Gasteiger partial charge is 0.463 e. The first-order chi connectivity index (χ1) is 38.0. The highest BCUT2D eigenvalue weighted by Crippen LogP contribution is 2.28. The van der Waals surface area contributed by atoms with Gasteiger partial charge in [0.25, 0.3) is 11.8 Å². The lowest BCUT2D eigenvalue weighted by Gasteiger charge is -2.28. The summed E-state index contributed by atoms with van der Waals surface area (Å²) in [7, 11) is 0. The minimum Gasteiger partial charge on any atom is -0.463 e. The van der Waals surface area contributed by atoms with Gasteiger partial charge in [-0.05, 0) is 154 Å². The van der Waals surface area contributed by atoms with Crippen molar-refractivity contribution in [1.82, 2.24) is 31.9 Å². The van der Waals surface area contributed by atoms with Gasteiger partial charge in [0.05, 0.1) is 60.0 Å². The highest BCUT2D eigenvalue weighted by Gasteiger charge is 2.37. The number of hydrogen-bond acceptors (Lipinski definition) is 22. The number of furan rings is 2. The molecule has 12 atom stereocenters. The molecule has 0 aromatic carbocycles. The van der Waals surface area contributed by atoms with Crippen LogP contribution >= 0.6 is 0 Å². The van der Waals surface area contributed by atoms with Gasteiger partial charge in [-0.25, -0.2) is 19.2 Å². The van der Waals surface area contributed by atoms with Crippen molar-refractivity contribution in [1.29, 1.82) is 0 Å². The molecule has 0 saturated heterocycles. The van der Waals surface area contributed by atoms with Gasteiger partial charge in [-0.1, -0.05) is 0 Å². The summed E-state index contributed by atoms with van der Waals surface area (Å²) in [4.78, 5) is 76.4. The Bertz CT molecular complexity index is 2210. The summed E-state index contributed by atoms with van der Waals surface area (Å²) in [5.74, 6) is -1.49. The summed E-state index contributed by atoms with van der Waals surface area (Å²) in [6.45, 7) is 21.2. The maximum absolute atomic E-state index is 13.2. The Hall–Kier alpha value is -5.82. The lowest BCUT2D eigenvalue weighted by Crippen LogP contribution is -2.48. The van der Waals surface area contributed by atoms with Crippen LogP contribution in [0.3, 0.4) is 0 Å². The van der Waals surface area contributed by atoms with Crippen LogP contribution in [-0.2, 0) is 18.9 Å². The molecule has 476 valence electrons. The van der Waals surface area contributed by atoms with E-state index in [0.717, 1.165) is 0 Å². The van der Waals surface area contributed by atoms with Gasteiger partial charge in [-0.3, -0.25) is 9.59 Å². The number of carbonyl (C=O) groups excluding carboxylic acids is 6. The number of amides is 6. The molecule has 2 heterocycles. The Labute approximate surface area is 484 Å². The van der Waals surface area contributed by atoms with Gasteiger partial charge in [0.1, 0.15) is 69.7 Å². The number of aliphatic hydroxyl groups excluding tert-OH is 10. The van der Waals surface area contributed by atoms with Crippen molar-refractivity contribution in [3.63, 3.8) is 0 Å². The number of aliphatic hydroxyl groups is 10. The van der Waals surface area contributed by atoms with Crippen LogP contribution in [0.1, 0.15) is 184 Å². The van der Waals surface area contributed by atoms with E-state index in [4.69, 9.17) is 27.8 Å². The third-order valence-electron chi connectivity index (χ3n) is 11.7. The molecule has 6 amide bonds. The quantitative estimate of drug-likeness (QED) is 0.0498. The Balaban J connectivity index is 1.89. The molecular formula is C55H94N6O22. The first-order valence-electron chi connectivity index (χ1n) is 27.5. The number of hydrogen-bond donors (Lipinski definition) is 16. The molecule has 0 spiro atoms. The van der Waals surface area contributed by atoms with Crippen molar-refractivity contribution < 1.29 is 108 Å². The Kier molecular flexibility index (Phi) is 28.7. The van der Waals surface area contributed by atoms with Crippen molar-refractivity contribution in [3.8, 4) is 0 Å². The smallest absolute Gasteiger partial charge is 0.408 e. The number of alkyl carbamates (subject to hydrolysis) is 4. The van der Waals surface area contributed by atoms with Gasteiger partial charge < -0.3 is 111 Å². The van der Waals surface area contributed by atoms with E-state index in [9.17, 15) is 79.8 Å². The van der Waals surface area contributed by atoms with Crippen LogP contribution in [0.25, 0.3) is 0 Å². The topological polar surface area (TPSA) is 440 Å². The van der Waals surface area contributed by atoms with Gasteiger partial charge in [-0.2, -0.15) is 0 Å². The average Bonchev–Trinajstić information content (AvgIpc) is 3.89. The minimum absolute atomic E-state index is 0.0171. The molecule has 2 aromatic rings. The van der Waals surface area contributed by atoms with Crippen molar-refractivity contribution in [2.75, 3.05) is 26.2 Å². The third-order valence-corrected chi connectivity index (χ3v) is 11.7. The zero-order chi connectivity index (χ0) is 63.5. The van der Waals surface area contributed by atoms with E-state index >= 15 is 0 Å². The first kappa shape index (κ1) is 73.3. The number of rotatable bonds is 30. The number of nitrogens with one attached hydrogen (secondary N) is 6. The maximum Gasteiger partial charge on any atom is 0.408 e. The summed E-state index contributed by atoms with van der Waals surface area (Å²) < 4.78 is 32.4. The summed E-state index contributed by atoms with van der Waals surface area (Å²) in [5, 5.41) is 122. The monoisotopic (exact) mass is 1190 g/mol. The van der Waals surface area contributed by atoms with Crippen molar-refractivity contribution in [2.24, 2.45) is 0 Å². The van der Waals surface area contributed by atoms with Gasteiger partial charge in [0, 0.05) is 26.2 Å². The van der Waals surface area contributed by atoms with E-state index in [1.165, 1.54) is 26.0 Å². The third kappa shape index (κ3) is 29.0. The van der Waals surface area contributed by atoms with Crippen LogP contribution in [0.5, 0.6) is 0 Å². The molecule has 0 aliphatic carbocycles. The number of carbonyl (C=O) groups is 6. The van der Waals surface area contributed by atoms with E-state index in [-0.39, 0.29) is 92.2 Å². The predicted molar refractivity (Wildman–Crippen MR) is 297 cm³/mol. The lowest BCUT2D eigenvalue weighted by molar-refractivity contribution is -0.0153. The molecule has 0 unspecified atom stereocenters. The van der Waals surface area contributed by atoms with Gasteiger partial charge in [0.2, 0.25) is 0 Å². The van der Waals surface area contributed by atoms with Crippen LogP contribution < -0.4 is 31.9 Å². The van der Waals surface area contributed by atoms with E-state index in [1.54, 1.807) is 83.1 Å². The second-order valence-corrected chi connectivity index (χ2v) is 24.6. The van der Waals surface area contributed by atoms with Crippen LogP contribution in [0, 0.1) is 13.8 Å². The molecule has 2 rings (SSSR count). The summed E-state index contributed by atoms with van der Waals surface area (Å²) in [6.07, 6.45) is -19.3. The zero-order valence-corrected chi connectivity index (χ0v) is 50.2. The first-order valence-corrected chi connectivity index (χ1v) is 27.5. The summed E-state index contributed by atoms with van der Waals surface area (Å²) in [6, 6.07) is -0.482. The number of ether oxygens (including phenoxy) is 4. The van der Waals surface area contributed by atoms with E-state index in [1.807, 2.05) is 0 Å². The molecule has 0 fully saturated rings. The van der Waals surface area contributed by atoms with E-state index in [0.29, 0.717) is 0 Å². The average molecular weight is 1190 g/mol. The van der Waals surface area contributed by atoms with Gasteiger partial charge in [-0.15, -0.1) is 0 Å². The number of aryl methyl sites for hydroxylation is 2. The molecule has 0 bridgehead atoms. The van der Waals surface area contributed by atoms with Crippen molar-refractivity contribution in [2.45, 2.75) is 237 Å². The Morgan fingerprint density at radius 2 is 0.687 bits per heavy atom. The maximum atomic E-state index is 13.2. The molecule has 28 nitrogen and oxygen atoms in total. The van der Waals surface area contributed by atoms with Crippen molar-refractivity contribution in [3.05, 3.63) is 46.3 Å². The normalized spacial score (nSPS) is 16.7. The molecule has 28 heteroatoms. The van der Waals surface area contributed by atoms with Crippen LogP contribution in [0.2, 0.25) is 0 Å². The minimum atomic E-state index is -1.80. The van der Waals surface area contributed by atoms with Crippen LogP contribution in [-0.4, -0.2) is 197 Å². The lowest BCUT2D eigenvalue weighted by atomic mass is 9.96. The molecule has 0 saturated carbocycles. The van der Waals surface area contributed by atoms with Gasteiger partial charge in [0.15, 0.2) is 0 Å².